The highest BCUT2D eigenvalue weighted by Gasteiger charge is 2.24. The van der Waals surface area contributed by atoms with Crippen molar-refractivity contribution in [2.24, 2.45) is 5.73 Å². The molecule has 104 valence electrons. The number of hydrogen-bond donors (Lipinski definition) is 2. The van der Waals surface area contributed by atoms with Crippen LogP contribution in [-0.4, -0.2) is 36.0 Å². The SMILES string of the molecule is CC1CC(N)CCN1CC(=O)Nc1ccccc1F. The molecule has 1 aromatic carbocycles. The summed E-state index contributed by atoms with van der Waals surface area (Å²) in [5.41, 5.74) is 6.12. The Balaban J connectivity index is 1.90. The first kappa shape index (κ1) is 14.0. The number of piperidine rings is 1. The third-order valence-corrected chi connectivity index (χ3v) is 3.55. The number of para-hydroxylation sites is 1. The van der Waals surface area contributed by atoms with E-state index < -0.39 is 5.82 Å². The lowest BCUT2D eigenvalue weighted by Crippen LogP contribution is -2.48. The van der Waals surface area contributed by atoms with Gasteiger partial charge in [0.25, 0.3) is 0 Å². The maximum absolute atomic E-state index is 13.4. The Morgan fingerprint density at radius 2 is 2.26 bits per heavy atom. The number of benzene rings is 1. The van der Waals surface area contributed by atoms with Crippen LogP contribution in [0.1, 0.15) is 19.8 Å². The lowest BCUT2D eigenvalue weighted by Gasteiger charge is -2.35. The van der Waals surface area contributed by atoms with E-state index in [4.69, 9.17) is 5.73 Å². The fourth-order valence-corrected chi connectivity index (χ4v) is 2.43. The number of hydrogen-bond acceptors (Lipinski definition) is 3. The molecule has 0 bridgehead atoms. The zero-order valence-corrected chi connectivity index (χ0v) is 11.1. The zero-order valence-electron chi connectivity index (χ0n) is 11.1. The van der Waals surface area contributed by atoms with E-state index in [2.05, 4.69) is 17.1 Å². The molecule has 1 fully saturated rings. The number of halogens is 1. The predicted octanol–water partition coefficient (Wildman–Crippen LogP) is 1.58. The molecule has 3 N–H and O–H groups in total. The van der Waals surface area contributed by atoms with Gasteiger partial charge < -0.3 is 11.1 Å². The molecule has 1 aliphatic heterocycles. The van der Waals surface area contributed by atoms with Crippen LogP contribution in [0.25, 0.3) is 0 Å². The van der Waals surface area contributed by atoms with E-state index in [1.165, 1.54) is 6.07 Å². The van der Waals surface area contributed by atoms with Crippen LogP contribution in [0.5, 0.6) is 0 Å². The largest absolute Gasteiger partial charge is 0.328 e. The van der Waals surface area contributed by atoms with Gasteiger partial charge >= 0.3 is 0 Å². The number of likely N-dealkylation sites (tertiary alicyclic amines) is 1. The minimum atomic E-state index is -0.412. The molecule has 0 spiro atoms. The van der Waals surface area contributed by atoms with Crippen LogP contribution < -0.4 is 11.1 Å². The number of carbonyl (C=O) groups excluding carboxylic acids is 1. The molecule has 0 aromatic heterocycles. The molecule has 0 aliphatic carbocycles. The number of nitrogens with zero attached hydrogens (tertiary/aromatic N) is 1. The zero-order chi connectivity index (χ0) is 13.8. The number of rotatable bonds is 3. The van der Waals surface area contributed by atoms with Gasteiger partial charge in [-0.1, -0.05) is 12.1 Å². The molecule has 0 radical (unpaired) electrons. The molecule has 1 aromatic rings. The van der Waals surface area contributed by atoms with E-state index >= 15 is 0 Å². The van der Waals surface area contributed by atoms with Crippen LogP contribution in [0.3, 0.4) is 0 Å². The summed E-state index contributed by atoms with van der Waals surface area (Å²) in [5, 5.41) is 2.60. The van der Waals surface area contributed by atoms with Gasteiger partial charge in [-0.3, -0.25) is 9.69 Å². The Kier molecular flexibility index (Phi) is 4.50. The van der Waals surface area contributed by atoms with Crippen molar-refractivity contribution in [3.63, 3.8) is 0 Å². The van der Waals surface area contributed by atoms with Gasteiger partial charge in [-0.2, -0.15) is 0 Å². The summed E-state index contributed by atoms with van der Waals surface area (Å²) in [5.74, 6) is -0.600. The van der Waals surface area contributed by atoms with Crippen molar-refractivity contribution in [3.05, 3.63) is 30.1 Å². The highest BCUT2D eigenvalue weighted by atomic mass is 19.1. The second-order valence-electron chi connectivity index (χ2n) is 5.13. The standard InChI is InChI=1S/C14H20FN3O/c1-10-8-11(16)6-7-18(10)9-14(19)17-13-5-3-2-4-12(13)15/h2-5,10-11H,6-9,16H2,1H3,(H,17,19). The summed E-state index contributed by atoms with van der Waals surface area (Å²) in [6.45, 7) is 3.16. The van der Waals surface area contributed by atoms with E-state index in [0.717, 1.165) is 19.4 Å². The van der Waals surface area contributed by atoms with Gasteiger partial charge in [0.1, 0.15) is 5.82 Å². The minimum Gasteiger partial charge on any atom is -0.328 e. The Morgan fingerprint density at radius 1 is 1.53 bits per heavy atom. The van der Waals surface area contributed by atoms with Crippen LogP contribution >= 0.6 is 0 Å². The second kappa shape index (κ2) is 6.12. The quantitative estimate of drug-likeness (QED) is 0.872. The first-order valence-electron chi connectivity index (χ1n) is 6.60. The van der Waals surface area contributed by atoms with E-state index in [9.17, 15) is 9.18 Å². The highest BCUT2D eigenvalue weighted by molar-refractivity contribution is 5.92. The van der Waals surface area contributed by atoms with Crippen molar-refractivity contribution in [2.45, 2.75) is 31.8 Å². The van der Waals surface area contributed by atoms with Crippen molar-refractivity contribution < 1.29 is 9.18 Å². The van der Waals surface area contributed by atoms with Gasteiger partial charge in [-0.25, -0.2) is 4.39 Å². The molecule has 4 nitrogen and oxygen atoms in total. The average Bonchev–Trinajstić information content (AvgIpc) is 2.36. The molecule has 5 heteroatoms. The molecule has 0 saturated carbocycles. The third kappa shape index (κ3) is 3.75. The van der Waals surface area contributed by atoms with Gasteiger partial charge in [-0.05, 0) is 31.9 Å². The first-order valence-corrected chi connectivity index (χ1v) is 6.60. The smallest absolute Gasteiger partial charge is 0.238 e. The summed E-state index contributed by atoms with van der Waals surface area (Å²) in [7, 11) is 0. The number of nitrogens with one attached hydrogen (secondary N) is 1. The fourth-order valence-electron chi connectivity index (χ4n) is 2.43. The monoisotopic (exact) mass is 265 g/mol. The Hall–Kier alpha value is -1.46. The Bertz CT molecular complexity index is 452. The summed E-state index contributed by atoms with van der Waals surface area (Å²) >= 11 is 0. The van der Waals surface area contributed by atoms with E-state index in [1.807, 2.05) is 0 Å². The molecule has 2 rings (SSSR count). The summed E-state index contributed by atoms with van der Waals surface area (Å²) in [6.07, 6.45) is 1.80. The van der Waals surface area contributed by atoms with Crippen molar-refractivity contribution in [2.75, 3.05) is 18.4 Å². The van der Waals surface area contributed by atoms with Gasteiger partial charge in [0.2, 0.25) is 5.91 Å². The van der Waals surface area contributed by atoms with Crippen LogP contribution in [0.15, 0.2) is 24.3 Å². The van der Waals surface area contributed by atoms with Gasteiger partial charge in [0, 0.05) is 18.6 Å². The third-order valence-electron chi connectivity index (χ3n) is 3.55. The lowest BCUT2D eigenvalue weighted by atomic mass is 9.99. The first-order chi connectivity index (χ1) is 9.06. The molecule has 1 amide bonds. The highest BCUT2D eigenvalue weighted by Crippen LogP contribution is 2.16. The summed E-state index contributed by atoms with van der Waals surface area (Å²) in [6, 6.07) is 6.69. The van der Waals surface area contributed by atoms with Gasteiger partial charge in [-0.15, -0.1) is 0 Å². The summed E-state index contributed by atoms with van der Waals surface area (Å²) in [4.78, 5) is 14.0. The number of amides is 1. The molecular weight excluding hydrogens is 245 g/mol. The fraction of sp³-hybridized carbons (Fsp3) is 0.500. The van der Waals surface area contributed by atoms with Crippen LogP contribution in [0.4, 0.5) is 10.1 Å². The maximum atomic E-state index is 13.4. The van der Waals surface area contributed by atoms with Crippen molar-refractivity contribution >= 4 is 11.6 Å². The Labute approximate surface area is 112 Å². The topological polar surface area (TPSA) is 58.4 Å². The van der Waals surface area contributed by atoms with Crippen LogP contribution in [0.2, 0.25) is 0 Å². The average molecular weight is 265 g/mol. The van der Waals surface area contributed by atoms with Crippen molar-refractivity contribution in [3.8, 4) is 0 Å². The normalized spacial score (nSPS) is 24.2. The van der Waals surface area contributed by atoms with E-state index in [-0.39, 0.29) is 30.2 Å². The lowest BCUT2D eigenvalue weighted by molar-refractivity contribution is -0.118. The second-order valence-corrected chi connectivity index (χ2v) is 5.13. The molecule has 1 heterocycles. The van der Waals surface area contributed by atoms with Crippen LogP contribution in [0, 0.1) is 5.82 Å². The van der Waals surface area contributed by atoms with Gasteiger partial charge in [0.15, 0.2) is 0 Å². The van der Waals surface area contributed by atoms with E-state index in [1.54, 1.807) is 18.2 Å². The number of nitrogens with two attached hydrogens (primary N) is 1. The van der Waals surface area contributed by atoms with E-state index in [0.29, 0.717) is 0 Å². The summed E-state index contributed by atoms with van der Waals surface area (Å²) < 4.78 is 13.4. The van der Waals surface area contributed by atoms with Crippen molar-refractivity contribution in [1.29, 1.82) is 0 Å². The molecule has 19 heavy (non-hydrogen) atoms. The number of anilines is 1. The van der Waals surface area contributed by atoms with Crippen LogP contribution in [-0.2, 0) is 4.79 Å². The van der Waals surface area contributed by atoms with Crippen molar-refractivity contribution in [1.82, 2.24) is 4.90 Å². The molecular formula is C14H20FN3O. The Morgan fingerprint density at radius 3 is 2.95 bits per heavy atom. The van der Waals surface area contributed by atoms with Gasteiger partial charge in [0.05, 0.1) is 12.2 Å². The minimum absolute atomic E-state index is 0.188. The molecule has 2 unspecified atom stereocenters. The number of carbonyl (C=O) groups is 1. The molecule has 1 aliphatic rings. The maximum Gasteiger partial charge on any atom is 0.238 e. The molecule has 1 saturated heterocycles. The predicted molar refractivity (Wildman–Crippen MR) is 73.3 cm³/mol. The molecule has 2 atom stereocenters.